The van der Waals surface area contributed by atoms with Gasteiger partial charge in [-0.2, -0.15) is 0 Å². The zero-order valence-corrected chi connectivity index (χ0v) is 17.6. The Morgan fingerprint density at radius 1 is 0.933 bits per heavy atom. The Hall–Kier alpha value is -2.89. The first kappa shape index (κ1) is 20.4. The van der Waals surface area contributed by atoms with Crippen LogP contribution in [0.25, 0.3) is 5.69 Å². The fourth-order valence-corrected chi connectivity index (χ4v) is 4.01. The average molecular weight is 404 g/mol. The van der Waals surface area contributed by atoms with Crippen molar-refractivity contribution in [1.29, 1.82) is 0 Å². The molecule has 1 aromatic heterocycles. The van der Waals surface area contributed by atoms with E-state index < -0.39 is 0 Å². The number of carbonyl (C=O) groups is 1. The molecule has 1 amide bonds. The first-order valence-corrected chi connectivity index (χ1v) is 10.5. The molecular weight excluding hydrogens is 374 g/mol. The van der Waals surface area contributed by atoms with Crippen LogP contribution in [0, 0.1) is 0 Å². The van der Waals surface area contributed by atoms with E-state index in [1.807, 2.05) is 53.4 Å². The molecule has 30 heavy (non-hydrogen) atoms. The monoisotopic (exact) mass is 403 g/mol. The highest BCUT2D eigenvalue weighted by Crippen LogP contribution is 2.15. The second kappa shape index (κ2) is 9.28. The molecule has 1 aliphatic heterocycles. The van der Waals surface area contributed by atoms with E-state index in [1.165, 1.54) is 5.56 Å². The number of amides is 1. The predicted molar refractivity (Wildman–Crippen MR) is 119 cm³/mol. The highest BCUT2D eigenvalue weighted by atomic mass is 16.5. The number of ether oxygens (including phenoxy) is 1. The van der Waals surface area contributed by atoms with Crippen LogP contribution in [-0.4, -0.2) is 40.7 Å². The lowest BCUT2D eigenvalue weighted by atomic mass is 10.1. The fourth-order valence-electron chi connectivity index (χ4n) is 4.01. The number of morpholine rings is 1. The van der Waals surface area contributed by atoms with Gasteiger partial charge in [0.15, 0.2) is 0 Å². The number of hydrogen-bond donors (Lipinski definition) is 1. The summed E-state index contributed by atoms with van der Waals surface area (Å²) in [6.45, 7) is 7.63. The number of nitrogens with one attached hydrogen (secondary N) is 1. The first-order valence-electron chi connectivity index (χ1n) is 10.5. The summed E-state index contributed by atoms with van der Waals surface area (Å²) in [5, 5.41) is 3.01. The van der Waals surface area contributed by atoms with Gasteiger partial charge in [0.1, 0.15) is 0 Å². The molecule has 2 aromatic carbocycles. The van der Waals surface area contributed by atoms with E-state index in [9.17, 15) is 4.79 Å². The molecule has 0 aliphatic carbocycles. The summed E-state index contributed by atoms with van der Waals surface area (Å²) in [4.78, 5) is 14.9. The summed E-state index contributed by atoms with van der Waals surface area (Å²) in [5.74, 6) is -0.0607. The highest BCUT2D eigenvalue weighted by molar-refractivity contribution is 5.94. The van der Waals surface area contributed by atoms with Gasteiger partial charge in [-0.15, -0.1) is 0 Å². The van der Waals surface area contributed by atoms with Crippen LogP contribution in [0.2, 0.25) is 0 Å². The Balaban J connectivity index is 1.29. The lowest BCUT2D eigenvalue weighted by molar-refractivity contribution is -0.0704. The number of carbonyl (C=O) groups excluding carboxylic acids is 1. The van der Waals surface area contributed by atoms with Gasteiger partial charge in [0, 0.05) is 49.8 Å². The van der Waals surface area contributed by atoms with E-state index in [4.69, 9.17) is 4.74 Å². The zero-order chi connectivity index (χ0) is 20.9. The third-order valence-electron chi connectivity index (χ3n) is 5.41. The maximum Gasteiger partial charge on any atom is 0.251 e. The number of benzene rings is 2. The van der Waals surface area contributed by atoms with Gasteiger partial charge in [0.2, 0.25) is 0 Å². The van der Waals surface area contributed by atoms with E-state index in [-0.39, 0.29) is 18.1 Å². The van der Waals surface area contributed by atoms with Crippen LogP contribution < -0.4 is 5.32 Å². The number of nitrogens with zero attached hydrogens (tertiary/aromatic N) is 2. The Morgan fingerprint density at radius 3 is 2.17 bits per heavy atom. The van der Waals surface area contributed by atoms with Gasteiger partial charge in [-0.25, -0.2) is 0 Å². The van der Waals surface area contributed by atoms with Crippen molar-refractivity contribution < 1.29 is 9.53 Å². The van der Waals surface area contributed by atoms with Crippen molar-refractivity contribution in [2.75, 3.05) is 13.1 Å². The second-order valence-corrected chi connectivity index (χ2v) is 8.09. The van der Waals surface area contributed by atoms with Crippen molar-refractivity contribution in [2.45, 2.75) is 39.1 Å². The minimum Gasteiger partial charge on any atom is -0.373 e. The number of aromatic nitrogens is 1. The molecule has 2 heterocycles. The van der Waals surface area contributed by atoms with E-state index >= 15 is 0 Å². The molecule has 156 valence electrons. The topological polar surface area (TPSA) is 46.5 Å². The summed E-state index contributed by atoms with van der Waals surface area (Å²) in [5.41, 5.74) is 4.08. The van der Waals surface area contributed by atoms with Crippen LogP contribution >= 0.6 is 0 Å². The van der Waals surface area contributed by atoms with Crippen molar-refractivity contribution in [3.05, 3.63) is 89.7 Å². The predicted octanol–water partition coefficient (Wildman–Crippen LogP) is 4.02. The van der Waals surface area contributed by atoms with Crippen LogP contribution in [0.4, 0.5) is 0 Å². The zero-order valence-electron chi connectivity index (χ0n) is 17.6. The van der Waals surface area contributed by atoms with E-state index in [0.717, 1.165) is 30.9 Å². The Bertz CT molecular complexity index is 939. The molecule has 2 atom stereocenters. The summed E-state index contributed by atoms with van der Waals surface area (Å²) in [7, 11) is 0. The molecule has 0 saturated carbocycles. The molecule has 0 spiro atoms. The van der Waals surface area contributed by atoms with Gasteiger partial charge in [-0.3, -0.25) is 9.69 Å². The van der Waals surface area contributed by atoms with E-state index in [0.29, 0.717) is 12.1 Å². The minimum absolute atomic E-state index is 0.0607. The molecule has 3 aromatic rings. The fraction of sp³-hybridized carbons (Fsp3) is 0.320. The van der Waals surface area contributed by atoms with Gasteiger partial charge in [0.25, 0.3) is 5.91 Å². The number of rotatable bonds is 6. The molecule has 1 fully saturated rings. The highest BCUT2D eigenvalue weighted by Gasteiger charge is 2.21. The first-order chi connectivity index (χ1) is 14.6. The molecule has 1 saturated heterocycles. The van der Waals surface area contributed by atoms with Crippen LogP contribution in [0.15, 0.2) is 73.1 Å². The van der Waals surface area contributed by atoms with Gasteiger partial charge in [-0.05, 0) is 61.4 Å². The van der Waals surface area contributed by atoms with Crippen LogP contribution in [0.3, 0.4) is 0 Å². The molecule has 1 aliphatic rings. The van der Waals surface area contributed by atoms with E-state index in [1.54, 1.807) is 0 Å². The Morgan fingerprint density at radius 2 is 1.53 bits per heavy atom. The van der Waals surface area contributed by atoms with Gasteiger partial charge >= 0.3 is 0 Å². The number of hydrogen-bond acceptors (Lipinski definition) is 3. The molecule has 2 unspecified atom stereocenters. The largest absolute Gasteiger partial charge is 0.373 e. The molecule has 1 N–H and O–H groups in total. The summed E-state index contributed by atoms with van der Waals surface area (Å²) in [6, 6.07) is 20.1. The van der Waals surface area contributed by atoms with Crippen molar-refractivity contribution in [1.82, 2.24) is 14.8 Å². The smallest absolute Gasteiger partial charge is 0.251 e. The lowest BCUT2D eigenvalue weighted by Gasteiger charge is -2.35. The molecule has 5 heteroatoms. The maximum atomic E-state index is 12.5. The summed E-state index contributed by atoms with van der Waals surface area (Å²) < 4.78 is 7.82. The minimum atomic E-state index is -0.0607. The van der Waals surface area contributed by atoms with Gasteiger partial charge < -0.3 is 14.6 Å². The van der Waals surface area contributed by atoms with Crippen LogP contribution in [0.1, 0.15) is 35.3 Å². The van der Waals surface area contributed by atoms with Crippen molar-refractivity contribution in [3.63, 3.8) is 0 Å². The van der Waals surface area contributed by atoms with E-state index in [2.05, 4.69) is 48.3 Å². The Labute approximate surface area is 178 Å². The maximum absolute atomic E-state index is 12.5. The second-order valence-electron chi connectivity index (χ2n) is 8.09. The quantitative estimate of drug-likeness (QED) is 0.676. The molecular formula is C25H29N3O2. The standard InChI is InChI=1S/C25H29N3O2/c1-19-16-27(17-20(2)30-19)18-22-7-5-21(6-8-22)15-26-25(29)23-9-11-24(12-10-23)28-13-3-4-14-28/h3-14,19-20H,15-18H2,1-2H3,(H,26,29). The molecule has 4 rings (SSSR count). The third-order valence-corrected chi connectivity index (χ3v) is 5.41. The summed E-state index contributed by atoms with van der Waals surface area (Å²) in [6.07, 6.45) is 4.53. The van der Waals surface area contributed by atoms with Gasteiger partial charge in [0.05, 0.1) is 12.2 Å². The lowest BCUT2D eigenvalue weighted by Crippen LogP contribution is -2.44. The molecule has 0 bridgehead atoms. The normalized spacial score (nSPS) is 19.5. The molecule has 0 radical (unpaired) electrons. The average Bonchev–Trinajstić information content (AvgIpc) is 3.27. The van der Waals surface area contributed by atoms with Crippen molar-refractivity contribution in [2.24, 2.45) is 0 Å². The van der Waals surface area contributed by atoms with Crippen molar-refractivity contribution >= 4 is 5.91 Å². The third kappa shape index (κ3) is 5.17. The summed E-state index contributed by atoms with van der Waals surface area (Å²) >= 11 is 0. The Kier molecular flexibility index (Phi) is 6.31. The van der Waals surface area contributed by atoms with Crippen molar-refractivity contribution in [3.8, 4) is 5.69 Å². The molecule has 5 nitrogen and oxygen atoms in total. The van der Waals surface area contributed by atoms with Gasteiger partial charge in [-0.1, -0.05) is 24.3 Å². The van der Waals surface area contributed by atoms with Crippen LogP contribution in [-0.2, 0) is 17.8 Å². The SMILES string of the molecule is CC1CN(Cc2ccc(CNC(=O)c3ccc(-n4cccc4)cc3)cc2)CC(C)O1. The van der Waals surface area contributed by atoms with Crippen LogP contribution in [0.5, 0.6) is 0 Å².